The van der Waals surface area contributed by atoms with E-state index in [4.69, 9.17) is 0 Å². The van der Waals surface area contributed by atoms with Crippen LogP contribution in [-0.2, 0) is 0 Å². The van der Waals surface area contributed by atoms with E-state index in [1.807, 2.05) is 34.9 Å². The van der Waals surface area contributed by atoms with E-state index < -0.39 is 0 Å². The minimum absolute atomic E-state index is 0.0752. The molecule has 1 unspecified atom stereocenters. The number of amides is 1. The molecule has 5 heteroatoms. The van der Waals surface area contributed by atoms with Crippen molar-refractivity contribution in [2.24, 2.45) is 5.92 Å². The van der Waals surface area contributed by atoms with Crippen molar-refractivity contribution in [3.8, 4) is 0 Å². The summed E-state index contributed by atoms with van der Waals surface area (Å²) in [6, 6.07) is 9.13. The molecule has 116 valence electrons. The van der Waals surface area contributed by atoms with Crippen LogP contribution in [0.4, 0.5) is 0 Å². The van der Waals surface area contributed by atoms with Crippen molar-refractivity contribution in [3.63, 3.8) is 0 Å². The normalized spacial score (nSPS) is 18.9. The molecular weight excluding hydrogens is 296 g/mol. The Morgan fingerprint density at radius 3 is 2.91 bits per heavy atom. The minimum atomic E-state index is -0.201. The Morgan fingerprint density at radius 2 is 2.14 bits per heavy atom. The van der Waals surface area contributed by atoms with Crippen molar-refractivity contribution in [2.45, 2.75) is 19.1 Å². The van der Waals surface area contributed by atoms with Crippen molar-refractivity contribution in [2.75, 3.05) is 18.8 Å². The van der Waals surface area contributed by atoms with Gasteiger partial charge in [-0.1, -0.05) is 32.0 Å². The molecule has 1 fully saturated rings. The van der Waals surface area contributed by atoms with Gasteiger partial charge in [0.05, 0.1) is 0 Å². The number of fused-ring (bicyclic) bond motifs is 1. The zero-order valence-corrected chi connectivity index (χ0v) is 13.7. The number of benzene rings is 1. The first kappa shape index (κ1) is 15.2. The molecule has 0 aliphatic carbocycles. The van der Waals surface area contributed by atoms with Crippen LogP contribution in [0.5, 0.6) is 0 Å². The monoisotopic (exact) mass is 316 g/mol. The van der Waals surface area contributed by atoms with E-state index in [-0.39, 0.29) is 11.5 Å². The number of H-pyrrole nitrogens is 1. The van der Waals surface area contributed by atoms with E-state index in [9.17, 15) is 9.59 Å². The van der Waals surface area contributed by atoms with Gasteiger partial charge in [-0.15, -0.1) is 0 Å². The molecule has 1 amide bonds. The third kappa shape index (κ3) is 2.90. The molecule has 1 aliphatic heterocycles. The predicted molar refractivity (Wildman–Crippen MR) is 91.6 cm³/mol. The highest BCUT2D eigenvalue weighted by molar-refractivity contribution is 8.00. The van der Waals surface area contributed by atoms with Gasteiger partial charge in [-0.2, -0.15) is 11.8 Å². The quantitative estimate of drug-likeness (QED) is 0.927. The smallest absolute Gasteiger partial charge is 0.270 e. The SMILES string of the molecule is CC(C)C1CN(C(=O)c2cc3ccccc3c(=O)[nH]2)CCS1. The first-order valence-corrected chi connectivity index (χ1v) is 8.64. The molecule has 1 N–H and O–H groups in total. The number of rotatable bonds is 2. The fourth-order valence-corrected chi connectivity index (χ4v) is 4.06. The first-order chi connectivity index (χ1) is 10.6. The lowest BCUT2D eigenvalue weighted by atomic mass is 10.1. The number of pyridine rings is 1. The molecular formula is C17H20N2O2S. The maximum absolute atomic E-state index is 12.7. The Morgan fingerprint density at radius 1 is 1.36 bits per heavy atom. The summed E-state index contributed by atoms with van der Waals surface area (Å²) in [4.78, 5) is 29.4. The van der Waals surface area contributed by atoms with Crippen LogP contribution < -0.4 is 5.56 Å². The molecule has 1 aliphatic rings. The van der Waals surface area contributed by atoms with Gasteiger partial charge in [0.15, 0.2) is 0 Å². The number of thioether (sulfide) groups is 1. The van der Waals surface area contributed by atoms with Gasteiger partial charge in [-0.05, 0) is 23.4 Å². The van der Waals surface area contributed by atoms with E-state index >= 15 is 0 Å². The van der Waals surface area contributed by atoms with Crippen LogP contribution in [0.3, 0.4) is 0 Å². The molecule has 4 nitrogen and oxygen atoms in total. The van der Waals surface area contributed by atoms with Crippen LogP contribution in [0.1, 0.15) is 24.3 Å². The van der Waals surface area contributed by atoms with Crippen molar-refractivity contribution >= 4 is 28.4 Å². The van der Waals surface area contributed by atoms with Gasteiger partial charge in [-0.3, -0.25) is 9.59 Å². The molecule has 1 atom stereocenters. The zero-order valence-electron chi connectivity index (χ0n) is 12.8. The van der Waals surface area contributed by atoms with E-state index in [0.717, 1.165) is 24.2 Å². The lowest BCUT2D eigenvalue weighted by Crippen LogP contribution is -2.44. The van der Waals surface area contributed by atoms with Gasteiger partial charge in [0.2, 0.25) is 0 Å². The number of hydrogen-bond acceptors (Lipinski definition) is 3. The summed E-state index contributed by atoms with van der Waals surface area (Å²) in [6.45, 7) is 5.85. The lowest BCUT2D eigenvalue weighted by Gasteiger charge is -2.34. The van der Waals surface area contributed by atoms with Gasteiger partial charge in [0, 0.05) is 29.5 Å². The Hall–Kier alpha value is -1.75. The van der Waals surface area contributed by atoms with Crippen LogP contribution in [0.2, 0.25) is 0 Å². The maximum Gasteiger partial charge on any atom is 0.270 e. The largest absolute Gasteiger partial charge is 0.335 e. The summed E-state index contributed by atoms with van der Waals surface area (Å²) < 4.78 is 0. The summed E-state index contributed by atoms with van der Waals surface area (Å²) in [5.74, 6) is 1.41. The third-order valence-corrected chi connectivity index (χ3v) is 5.65. The Kier molecular flexibility index (Phi) is 4.25. The molecule has 1 aromatic heterocycles. The molecule has 1 aromatic carbocycles. The number of nitrogens with one attached hydrogen (secondary N) is 1. The summed E-state index contributed by atoms with van der Waals surface area (Å²) in [7, 11) is 0. The fourth-order valence-electron chi connectivity index (χ4n) is 2.76. The number of carbonyl (C=O) groups is 1. The second-order valence-corrected chi connectivity index (χ2v) is 7.35. The summed E-state index contributed by atoms with van der Waals surface area (Å²) in [5, 5.41) is 1.89. The van der Waals surface area contributed by atoms with Crippen molar-refractivity contribution < 1.29 is 4.79 Å². The summed E-state index contributed by atoms with van der Waals surface area (Å²) >= 11 is 1.93. The third-order valence-electron chi connectivity index (χ3n) is 4.11. The average Bonchev–Trinajstić information content (AvgIpc) is 2.54. The highest BCUT2D eigenvalue weighted by atomic mass is 32.2. The Labute approximate surface area is 133 Å². The molecule has 0 spiro atoms. The van der Waals surface area contributed by atoms with Gasteiger partial charge < -0.3 is 9.88 Å². The number of hydrogen-bond donors (Lipinski definition) is 1. The van der Waals surface area contributed by atoms with Crippen LogP contribution in [0.15, 0.2) is 35.1 Å². The van der Waals surface area contributed by atoms with Gasteiger partial charge >= 0.3 is 0 Å². The topological polar surface area (TPSA) is 53.2 Å². The number of aromatic amines is 1. The first-order valence-electron chi connectivity index (χ1n) is 7.59. The number of aromatic nitrogens is 1. The zero-order chi connectivity index (χ0) is 15.7. The minimum Gasteiger partial charge on any atom is -0.335 e. The highest BCUT2D eigenvalue weighted by Gasteiger charge is 2.27. The van der Waals surface area contributed by atoms with Crippen LogP contribution in [0, 0.1) is 5.92 Å². The number of nitrogens with zero attached hydrogens (tertiary/aromatic N) is 1. The summed E-state index contributed by atoms with van der Waals surface area (Å²) in [6.07, 6.45) is 0. The fraction of sp³-hybridized carbons (Fsp3) is 0.412. The van der Waals surface area contributed by atoms with Gasteiger partial charge in [-0.25, -0.2) is 0 Å². The van der Waals surface area contributed by atoms with E-state index in [2.05, 4.69) is 18.8 Å². The van der Waals surface area contributed by atoms with Crippen LogP contribution >= 0.6 is 11.8 Å². The molecule has 1 saturated heterocycles. The summed E-state index contributed by atoms with van der Waals surface area (Å²) in [5.41, 5.74) is 0.186. The predicted octanol–water partition coefficient (Wildman–Crippen LogP) is 2.74. The van der Waals surface area contributed by atoms with Crippen molar-refractivity contribution in [1.82, 2.24) is 9.88 Å². The molecule has 0 saturated carbocycles. The molecule has 2 heterocycles. The lowest BCUT2D eigenvalue weighted by molar-refractivity contribution is 0.0750. The van der Waals surface area contributed by atoms with Gasteiger partial charge in [0.25, 0.3) is 11.5 Å². The van der Waals surface area contributed by atoms with Crippen molar-refractivity contribution in [3.05, 3.63) is 46.4 Å². The highest BCUT2D eigenvalue weighted by Crippen LogP contribution is 2.25. The van der Waals surface area contributed by atoms with E-state index in [0.29, 0.717) is 22.2 Å². The van der Waals surface area contributed by atoms with Crippen LogP contribution in [0.25, 0.3) is 10.8 Å². The van der Waals surface area contributed by atoms with Gasteiger partial charge in [0.1, 0.15) is 5.69 Å². The second-order valence-electron chi connectivity index (χ2n) is 6.00. The van der Waals surface area contributed by atoms with E-state index in [1.54, 1.807) is 12.1 Å². The number of carbonyl (C=O) groups excluding carboxylic acids is 1. The second kappa shape index (κ2) is 6.16. The van der Waals surface area contributed by atoms with Crippen molar-refractivity contribution in [1.29, 1.82) is 0 Å². The molecule has 2 aromatic rings. The maximum atomic E-state index is 12.7. The average molecular weight is 316 g/mol. The molecule has 0 bridgehead atoms. The standard InChI is InChI=1S/C17H20N2O2S/c1-11(2)15-10-19(7-8-22-15)17(21)14-9-12-5-3-4-6-13(12)16(20)18-14/h3-6,9,11,15H,7-8,10H2,1-2H3,(H,18,20). The molecule has 3 rings (SSSR count). The van der Waals surface area contributed by atoms with Crippen LogP contribution in [-0.4, -0.2) is 39.9 Å². The Bertz CT molecular complexity index is 754. The Balaban J connectivity index is 1.90. The van der Waals surface area contributed by atoms with E-state index in [1.165, 1.54) is 0 Å². The molecule has 22 heavy (non-hydrogen) atoms. The molecule has 0 radical (unpaired) electrons.